The minimum absolute atomic E-state index is 0.0516. The summed E-state index contributed by atoms with van der Waals surface area (Å²) in [6.45, 7) is 12.9. The van der Waals surface area contributed by atoms with Crippen molar-refractivity contribution in [3.63, 3.8) is 0 Å². The van der Waals surface area contributed by atoms with Gasteiger partial charge >= 0.3 is 0 Å². The first-order valence-electron chi connectivity index (χ1n) is 8.85. The van der Waals surface area contributed by atoms with Crippen LogP contribution in [0.2, 0.25) is 0 Å². The molecule has 2 heteroatoms. The number of allylic oxidation sites excluding steroid dienone is 2. The Kier molecular flexibility index (Phi) is 3.66. The van der Waals surface area contributed by atoms with E-state index in [1.807, 2.05) is 6.08 Å². The van der Waals surface area contributed by atoms with E-state index in [0.717, 1.165) is 32.1 Å². The number of aliphatic hydroxyl groups is 2. The van der Waals surface area contributed by atoms with Crippen molar-refractivity contribution in [2.75, 3.05) is 0 Å². The number of hydrogen-bond acceptors (Lipinski definition) is 2. The summed E-state index contributed by atoms with van der Waals surface area (Å²) >= 11 is 0. The van der Waals surface area contributed by atoms with Gasteiger partial charge in [0.25, 0.3) is 0 Å². The molecule has 2 fully saturated rings. The smallest absolute Gasteiger partial charge is 0.0628 e. The second-order valence-corrected chi connectivity index (χ2v) is 9.11. The largest absolute Gasteiger partial charge is 0.392 e. The Labute approximate surface area is 135 Å². The third-order valence-electron chi connectivity index (χ3n) is 7.52. The molecule has 3 rings (SSSR count). The molecule has 0 saturated heterocycles. The molecular weight excluding hydrogens is 272 g/mol. The molecule has 0 aromatic heterocycles. The molecule has 3 aliphatic carbocycles. The second-order valence-electron chi connectivity index (χ2n) is 9.11. The number of rotatable bonds is 1. The van der Waals surface area contributed by atoms with Gasteiger partial charge in [-0.05, 0) is 49.4 Å². The van der Waals surface area contributed by atoms with Crippen molar-refractivity contribution in [2.45, 2.75) is 72.0 Å². The van der Waals surface area contributed by atoms with E-state index in [2.05, 4.69) is 40.3 Å². The predicted molar refractivity (Wildman–Crippen MR) is 90.4 cm³/mol. The molecule has 0 unspecified atom stereocenters. The fourth-order valence-corrected chi connectivity index (χ4v) is 5.62. The van der Waals surface area contributed by atoms with Gasteiger partial charge < -0.3 is 10.2 Å². The van der Waals surface area contributed by atoms with Crippen LogP contribution in [0.15, 0.2) is 24.3 Å². The van der Waals surface area contributed by atoms with Crippen LogP contribution in [0.4, 0.5) is 0 Å². The molecule has 0 radical (unpaired) electrons. The highest BCUT2D eigenvalue weighted by Crippen LogP contribution is 2.63. The van der Waals surface area contributed by atoms with Crippen LogP contribution < -0.4 is 0 Å². The summed E-state index contributed by atoms with van der Waals surface area (Å²) in [7, 11) is 0. The number of aliphatic hydroxyl groups excluding tert-OH is 2. The van der Waals surface area contributed by atoms with E-state index < -0.39 is 0 Å². The van der Waals surface area contributed by atoms with Gasteiger partial charge in [-0.25, -0.2) is 0 Å². The summed E-state index contributed by atoms with van der Waals surface area (Å²) in [4.78, 5) is 0. The van der Waals surface area contributed by atoms with Gasteiger partial charge in [0.1, 0.15) is 0 Å². The molecule has 0 bridgehead atoms. The molecule has 0 aromatic rings. The third-order valence-corrected chi connectivity index (χ3v) is 7.52. The quantitative estimate of drug-likeness (QED) is 0.717. The maximum absolute atomic E-state index is 11.1. The van der Waals surface area contributed by atoms with Gasteiger partial charge in [-0.2, -0.15) is 0 Å². The zero-order chi connectivity index (χ0) is 16.3. The fraction of sp³-hybridized carbons (Fsp3) is 0.800. The van der Waals surface area contributed by atoms with Gasteiger partial charge in [-0.15, -0.1) is 6.58 Å². The summed E-state index contributed by atoms with van der Waals surface area (Å²) in [5.41, 5.74) is 1.24. The summed E-state index contributed by atoms with van der Waals surface area (Å²) in [6.07, 6.45) is 8.71. The summed E-state index contributed by atoms with van der Waals surface area (Å²) in [5, 5.41) is 21.5. The van der Waals surface area contributed by atoms with E-state index >= 15 is 0 Å². The van der Waals surface area contributed by atoms with Crippen molar-refractivity contribution in [1.29, 1.82) is 0 Å². The van der Waals surface area contributed by atoms with Crippen LogP contribution in [0.25, 0.3) is 0 Å². The molecule has 6 atom stereocenters. The molecule has 124 valence electrons. The number of fused-ring (bicyclic) bond motifs is 3. The van der Waals surface area contributed by atoms with Crippen LogP contribution in [0.5, 0.6) is 0 Å². The molecule has 2 saturated carbocycles. The Balaban J connectivity index is 2.01. The highest BCUT2D eigenvalue weighted by molar-refractivity contribution is 5.29. The van der Waals surface area contributed by atoms with Crippen LogP contribution in [0.1, 0.15) is 59.8 Å². The maximum atomic E-state index is 11.1. The zero-order valence-corrected chi connectivity index (χ0v) is 14.6. The topological polar surface area (TPSA) is 40.5 Å². The summed E-state index contributed by atoms with van der Waals surface area (Å²) < 4.78 is 0. The lowest BCUT2D eigenvalue weighted by atomic mass is 9.45. The Hall–Kier alpha value is -0.600. The van der Waals surface area contributed by atoms with Crippen LogP contribution in [-0.4, -0.2) is 22.4 Å². The van der Waals surface area contributed by atoms with E-state index in [-0.39, 0.29) is 28.5 Å². The average molecular weight is 304 g/mol. The first-order valence-corrected chi connectivity index (χ1v) is 8.85. The molecule has 0 aromatic carbocycles. The first kappa shape index (κ1) is 16.3. The molecule has 0 spiro atoms. The lowest BCUT2D eigenvalue weighted by Crippen LogP contribution is -2.57. The van der Waals surface area contributed by atoms with E-state index in [1.54, 1.807) is 0 Å². The van der Waals surface area contributed by atoms with Crippen molar-refractivity contribution in [3.05, 3.63) is 24.3 Å². The van der Waals surface area contributed by atoms with Gasteiger partial charge in [0, 0.05) is 10.8 Å². The summed E-state index contributed by atoms with van der Waals surface area (Å²) in [6, 6.07) is 0. The molecule has 0 amide bonds. The van der Waals surface area contributed by atoms with Crippen LogP contribution in [0, 0.1) is 28.1 Å². The Bertz CT molecular complexity index is 506. The summed E-state index contributed by atoms with van der Waals surface area (Å²) in [5.74, 6) is 0.924. The Morgan fingerprint density at radius 2 is 1.77 bits per heavy atom. The van der Waals surface area contributed by atoms with Crippen molar-refractivity contribution in [3.8, 4) is 0 Å². The highest BCUT2D eigenvalue weighted by atomic mass is 16.3. The predicted octanol–water partition coefficient (Wildman–Crippen LogP) is 4.08. The van der Waals surface area contributed by atoms with Gasteiger partial charge in [-0.1, -0.05) is 45.4 Å². The van der Waals surface area contributed by atoms with Crippen molar-refractivity contribution in [1.82, 2.24) is 0 Å². The normalized spacial score (nSPS) is 50.5. The molecule has 0 heterocycles. The Morgan fingerprint density at radius 1 is 1.09 bits per heavy atom. The fourth-order valence-electron chi connectivity index (χ4n) is 5.62. The molecule has 2 nitrogen and oxygen atoms in total. The Morgan fingerprint density at radius 3 is 2.41 bits per heavy atom. The lowest BCUT2D eigenvalue weighted by molar-refractivity contribution is -0.125. The SMILES string of the molecule is C=C[C@]1(C)C[C@H]2CC=C3[C@@H](CC[C@@H](O)C3(C)C)[C@]2(C)[C@@H](O)C1. The molecular formula is C20H32O2. The van der Waals surface area contributed by atoms with E-state index in [4.69, 9.17) is 0 Å². The first-order chi connectivity index (χ1) is 10.1. The van der Waals surface area contributed by atoms with Gasteiger partial charge in [-0.3, -0.25) is 0 Å². The molecule has 2 N–H and O–H groups in total. The number of hydrogen-bond donors (Lipinski definition) is 2. The van der Waals surface area contributed by atoms with E-state index in [9.17, 15) is 10.2 Å². The second kappa shape index (κ2) is 4.95. The average Bonchev–Trinajstić information content (AvgIpc) is 2.45. The molecule has 22 heavy (non-hydrogen) atoms. The highest BCUT2D eigenvalue weighted by Gasteiger charge is 2.58. The van der Waals surface area contributed by atoms with E-state index in [0.29, 0.717) is 11.8 Å². The van der Waals surface area contributed by atoms with Crippen LogP contribution in [0.3, 0.4) is 0 Å². The molecule has 0 aliphatic heterocycles. The zero-order valence-electron chi connectivity index (χ0n) is 14.6. The van der Waals surface area contributed by atoms with Crippen LogP contribution >= 0.6 is 0 Å². The van der Waals surface area contributed by atoms with Crippen molar-refractivity contribution >= 4 is 0 Å². The van der Waals surface area contributed by atoms with Crippen molar-refractivity contribution in [2.24, 2.45) is 28.1 Å². The minimum atomic E-state index is -0.283. The third kappa shape index (κ3) is 2.06. The van der Waals surface area contributed by atoms with Gasteiger partial charge in [0.2, 0.25) is 0 Å². The standard InChI is InChI=1S/C20H32O2/c1-6-19(4)11-13-7-8-14-15(20(13,5)17(22)12-19)9-10-16(21)18(14,2)3/h6,8,13,15-17,21-22H,1,7,9-12H2,2-5H3/t13-,15-,16-,17+,19-,20-/m1/s1. The lowest BCUT2D eigenvalue weighted by Gasteiger charge is -2.60. The van der Waals surface area contributed by atoms with Crippen molar-refractivity contribution < 1.29 is 10.2 Å². The maximum Gasteiger partial charge on any atom is 0.0628 e. The van der Waals surface area contributed by atoms with Gasteiger partial charge in [0.15, 0.2) is 0 Å². The van der Waals surface area contributed by atoms with Gasteiger partial charge in [0.05, 0.1) is 12.2 Å². The molecule has 3 aliphatic rings. The minimum Gasteiger partial charge on any atom is -0.392 e. The van der Waals surface area contributed by atoms with Crippen LogP contribution in [-0.2, 0) is 0 Å². The van der Waals surface area contributed by atoms with E-state index in [1.165, 1.54) is 5.57 Å². The monoisotopic (exact) mass is 304 g/mol.